The zero-order chi connectivity index (χ0) is 14.6. The molecule has 0 saturated heterocycles. The zero-order valence-corrected chi connectivity index (χ0v) is 13.2. The standard InChI is InChI=1S/C15H33NO3/c1-5-9-18-11-12-19-10-7-6-8-15(4,13-17)16-14(2)3/h14,16-17H,5-13H2,1-4H3. The Morgan fingerprint density at radius 3 is 2.21 bits per heavy atom. The number of hydrogen-bond donors (Lipinski definition) is 2. The van der Waals surface area contributed by atoms with Crippen LogP contribution in [0.4, 0.5) is 0 Å². The van der Waals surface area contributed by atoms with Crippen molar-refractivity contribution in [2.75, 3.05) is 33.0 Å². The quantitative estimate of drug-likeness (QED) is 0.507. The molecule has 0 aliphatic rings. The van der Waals surface area contributed by atoms with Gasteiger partial charge in [0.25, 0.3) is 0 Å². The summed E-state index contributed by atoms with van der Waals surface area (Å²) >= 11 is 0. The average molecular weight is 275 g/mol. The molecule has 2 N–H and O–H groups in total. The summed E-state index contributed by atoms with van der Waals surface area (Å²) in [6, 6.07) is 0.393. The van der Waals surface area contributed by atoms with E-state index in [-0.39, 0.29) is 12.1 Å². The van der Waals surface area contributed by atoms with Crippen LogP contribution < -0.4 is 5.32 Å². The molecule has 0 bridgehead atoms. The Balaban J connectivity index is 3.46. The Hall–Kier alpha value is -0.160. The maximum Gasteiger partial charge on any atom is 0.0700 e. The van der Waals surface area contributed by atoms with Gasteiger partial charge in [0.05, 0.1) is 19.8 Å². The first-order valence-electron chi connectivity index (χ1n) is 7.58. The SMILES string of the molecule is CCCOCCOCCCCC(C)(CO)NC(C)C. The molecule has 1 unspecified atom stereocenters. The molecule has 0 aromatic carbocycles. The molecule has 19 heavy (non-hydrogen) atoms. The van der Waals surface area contributed by atoms with Crippen molar-refractivity contribution in [1.29, 1.82) is 0 Å². The summed E-state index contributed by atoms with van der Waals surface area (Å²) in [5, 5.41) is 12.9. The van der Waals surface area contributed by atoms with Gasteiger partial charge in [0.1, 0.15) is 0 Å². The van der Waals surface area contributed by atoms with Crippen LogP contribution in [0.5, 0.6) is 0 Å². The van der Waals surface area contributed by atoms with Gasteiger partial charge in [-0.1, -0.05) is 20.8 Å². The second-order valence-corrected chi connectivity index (χ2v) is 5.70. The van der Waals surface area contributed by atoms with E-state index in [1.54, 1.807) is 0 Å². The molecular formula is C15H33NO3. The van der Waals surface area contributed by atoms with Crippen molar-refractivity contribution in [1.82, 2.24) is 5.32 Å². The van der Waals surface area contributed by atoms with E-state index in [0.29, 0.717) is 19.3 Å². The van der Waals surface area contributed by atoms with Gasteiger partial charge in [0.15, 0.2) is 0 Å². The summed E-state index contributed by atoms with van der Waals surface area (Å²) in [7, 11) is 0. The molecule has 0 spiro atoms. The van der Waals surface area contributed by atoms with Gasteiger partial charge in [-0.2, -0.15) is 0 Å². The summed E-state index contributed by atoms with van der Waals surface area (Å²) in [6.07, 6.45) is 4.12. The minimum absolute atomic E-state index is 0.168. The lowest BCUT2D eigenvalue weighted by atomic mass is 9.95. The van der Waals surface area contributed by atoms with E-state index in [0.717, 1.165) is 38.9 Å². The van der Waals surface area contributed by atoms with Crippen LogP contribution in [-0.2, 0) is 9.47 Å². The number of aliphatic hydroxyl groups is 1. The smallest absolute Gasteiger partial charge is 0.0700 e. The molecule has 0 rings (SSSR count). The van der Waals surface area contributed by atoms with E-state index >= 15 is 0 Å². The lowest BCUT2D eigenvalue weighted by Crippen LogP contribution is -2.49. The molecule has 0 radical (unpaired) electrons. The predicted molar refractivity (Wildman–Crippen MR) is 79.5 cm³/mol. The third-order valence-corrected chi connectivity index (χ3v) is 2.97. The van der Waals surface area contributed by atoms with Crippen LogP contribution in [0.3, 0.4) is 0 Å². The van der Waals surface area contributed by atoms with E-state index in [1.165, 1.54) is 0 Å². The Kier molecular flexibility index (Phi) is 11.6. The van der Waals surface area contributed by atoms with Crippen molar-refractivity contribution in [3.8, 4) is 0 Å². The molecule has 4 heteroatoms. The highest BCUT2D eigenvalue weighted by Gasteiger charge is 2.22. The molecule has 0 aromatic heterocycles. The average Bonchev–Trinajstić information content (AvgIpc) is 2.36. The van der Waals surface area contributed by atoms with Gasteiger partial charge in [0.2, 0.25) is 0 Å². The van der Waals surface area contributed by atoms with E-state index in [9.17, 15) is 5.11 Å². The second kappa shape index (κ2) is 11.6. The molecule has 116 valence electrons. The van der Waals surface area contributed by atoms with Gasteiger partial charge in [-0.25, -0.2) is 0 Å². The third-order valence-electron chi connectivity index (χ3n) is 2.97. The van der Waals surface area contributed by atoms with Crippen LogP contribution in [0.25, 0.3) is 0 Å². The highest BCUT2D eigenvalue weighted by Crippen LogP contribution is 2.14. The molecule has 0 aromatic rings. The first-order chi connectivity index (χ1) is 9.04. The van der Waals surface area contributed by atoms with Gasteiger partial charge in [0, 0.05) is 24.8 Å². The number of rotatable bonds is 13. The summed E-state index contributed by atoms with van der Waals surface area (Å²) in [4.78, 5) is 0. The molecule has 0 aliphatic heterocycles. The molecule has 0 amide bonds. The maximum atomic E-state index is 9.45. The van der Waals surface area contributed by atoms with Gasteiger partial charge in [-0.05, 0) is 32.6 Å². The summed E-state index contributed by atoms with van der Waals surface area (Å²) in [5.41, 5.74) is -0.168. The minimum Gasteiger partial charge on any atom is -0.394 e. The number of hydrogen-bond acceptors (Lipinski definition) is 4. The first-order valence-corrected chi connectivity index (χ1v) is 7.58. The van der Waals surface area contributed by atoms with Gasteiger partial charge < -0.3 is 19.9 Å². The normalized spacial score (nSPS) is 14.8. The Labute approximate surface area is 118 Å². The topological polar surface area (TPSA) is 50.7 Å². The van der Waals surface area contributed by atoms with Crippen molar-refractivity contribution in [2.24, 2.45) is 0 Å². The van der Waals surface area contributed by atoms with Crippen LogP contribution in [0.1, 0.15) is 53.4 Å². The zero-order valence-electron chi connectivity index (χ0n) is 13.2. The molecule has 0 aliphatic carbocycles. The molecular weight excluding hydrogens is 242 g/mol. The van der Waals surface area contributed by atoms with Crippen LogP contribution in [-0.4, -0.2) is 49.7 Å². The van der Waals surface area contributed by atoms with Crippen molar-refractivity contribution < 1.29 is 14.6 Å². The van der Waals surface area contributed by atoms with E-state index in [4.69, 9.17) is 9.47 Å². The third kappa shape index (κ3) is 11.4. The monoisotopic (exact) mass is 275 g/mol. The van der Waals surface area contributed by atoms with Crippen LogP contribution >= 0.6 is 0 Å². The van der Waals surface area contributed by atoms with Crippen molar-refractivity contribution >= 4 is 0 Å². The van der Waals surface area contributed by atoms with Crippen molar-refractivity contribution in [3.63, 3.8) is 0 Å². The van der Waals surface area contributed by atoms with E-state index in [1.807, 2.05) is 0 Å². The van der Waals surface area contributed by atoms with Gasteiger partial charge >= 0.3 is 0 Å². The Morgan fingerprint density at radius 1 is 1.05 bits per heavy atom. The second-order valence-electron chi connectivity index (χ2n) is 5.70. The first kappa shape index (κ1) is 18.8. The van der Waals surface area contributed by atoms with E-state index < -0.39 is 0 Å². The molecule has 0 fully saturated rings. The highest BCUT2D eigenvalue weighted by molar-refractivity contribution is 4.83. The Bertz CT molecular complexity index is 200. The highest BCUT2D eigenvalue weighted by atomic mass is 16.5. The summed E-state index contributed by atoms with van der Waals surface area (Å²) < 4.78 is 10.8. The predicted octanol–water partition coefficient (Wildman–Crippen LogP) is 2.35. The van der Waals surface area contributed by atoms with Crippen molar-refractivity contribution in [3.05, 3.63) is 0 Å². The fourth-order valence-electron chi connectivity index (χ4n) is 2.08. The maximum absolute atomic E-state index is 9.45. The lowest BCUT2D eigenvalue weighted by molar-refractivity contribution is 0.0455. The summed E-state index contributed by atoms with van der Waals surface area (Å²) in [5.74, 6) is 0. The number of aliphatic hydroxyl groups excluding tert-OH is 1. The fraction of sp³-hybridized carbons (Fsp3) is 1.00. The van der Waals surface area contributed by atoms with Crippen molar-refractivity contribution in [2.45, 2.75) is 65.0 Å². The number of ether oxygens (including phenoxy) is 2. The molecule has 0 saturated carbocycles. The van der Waals surface area contributed by atoms with Gasteiger partial charge in [-0.3, -0.25) is 0 Å². The minimum atomic E-state index is -0.168. The summed E-state index contributed by atoms with van der Waals surface area (Å²) in [6.45, 7) is 11.5. The van der Waals surface area contributed by atoms with E-state index in [2.05, 4.69) is 33.0 Å². The van der Waals surface area contributed by atoms with Gasteiger partial charge in [-0.15, -0.1) is 0 Å². The Morgan fingerprint density at radius 2 is 1.68 bits per heavy atom. The molecule has 1 atom stereocenters. The van der Waals surface area contributed by atoms with Crippen LogP contribution in [0, 0.1) is 0 Å². The number of unbranched alkanes of at least 4 members (excludes halogenated alkanes) is 1. The molecule has 0 heterocycles. The van der Waals surface area contributed by atoms with Crippen LogP contribution in [0.15, 0.2) is 0 Å². The largest absolute Gasteiger partial charge is 0.394 e. The fourth-order valence-corrected chi connectivity index (χ4v) is 2.08. The van der Waals surface area contributed by atoms with Crippen LogP contribution in [0.2, 0.25) is 0 Å². The molecule has 4 nitrogen and oxygen atoms in total. The number of nitrogens with one attached hydrogen (secondary N) is 1. The lowest BCUT2D eigenvalue weighted by Gasteiger charge is -2.31.